The van der Waals surface area contributed by atoms with Gasteiger partial charge in [-0.2, -0.15) is 11.8 Å². The Hall–Kier alpha value is -2.54. The summed E-state index contributed by atoms with van der Waals surface area (Å²) in [6, 6.07) is 11.0. The van der Waals surface area contributed by atoms with Gasteiger partial charge < -0.3 is 10.1 Å². The number of amides is 1. The van der Waals surface area contributed by atoms with Crippen LogP contribution in [0.15, 0.2) is 58.3 Å². The molecule has 0 bridgehead atoms. The summed E-state index contributed by atoms with van der Waals surface area (Å²) in [5, 5.41) is 2.78. The number of sulfonamides is 1. The molecule has 0 fully saturated rings. The van der Waals surface area contributed by atoms with Crippen molar-refractivity contribution in [2.75, 3.05) is 18.6 Å². The lowest BCUT2D eigenvalue weighted by atomic mass is 10.2. The van der Waals surface area contributed by atoms with Gasteiger partial charge in [-0.1, -0.05) is 12.1 Å². The number of ketones is 1. The van der Waals surface area contributed by atoms with Gasteiger partial charge in [0.2, 0.25) is 10.0 Å². The summed E-state index contributed by atoms with van der Waals surface area (Å²) < 4.78 is 50.3. The molecule has 0 aliphatic rings. The van der Waals surface area contributed by atoms with Gasteiger partial charge in [-0.25, -0.2) is 21.6 Å². The van der Waals surface area contributed by atoms with Gasteiger partial charge >= 0.3 is 0 Å². The zero-order valence-corrected chi connectivity index (χ0v) is 21.8. The van der Waals surface area contributed by atoms with E-state index in [4.69, 9.17) is 0 Å². The van der Waals surface area contributed by atoms with Crippen LogP contribution in [0.25, 0.3) is 0 Å². The quantitative estimate of drug-likeness (QED) is 0.273. The van der Waals surface area contributed by atoms with Gasteiger partial charge in [0.15, 0.2) is 9.84 Å². The number of rotatable bonds is 14. The van der Waals surface area contributed by atoms with Crippen LogP contribution in [-0.2, 0) is 35.2 Å². The maximum atomic E-state index is 12.5. The largest absolute Gasteiger partial charge is 0.352 e. The first-order valence-corrected chi connectivity index (χ1v) is 15.2. The molecule has 12 heteroatoms. The highest BCUT2D eigenvalue weighted by molar-refractivity contribution is 7.98. The molecule has 2 rings (SSSR count). The summed E-state index contributed by atoms with van der Waals surface area (Å²) in [5.41, 5.74) is 1.15. The fourth-order valence-electron chi connectivity index (χ4n) is 3.02. The summed E-state index contributed by atoms with van der Waals surface area (Å²) in [5.74, 6) is 0.679. The Morgan fingerprint density at radius 3 is 2.31 bits per heavy atom. The van der Waals surface area contributed by atoms with Gasteiger partial charge in [0.1, 0.15) is 12.1 Å². The zero-order valence-electron chi connectivity index (χ0n) is 19.4. The minimum Gasteiger partial charge on any atom is -0.352 e. The molecule has 0 spiro atoms. The van der Waals surface area contributed by atoms with Crippen LogP contribution in [0.4, 0.5) is 0 Å². The zero-order chi connectivity index (χ0) is 26.1. The van der Waals surface area contributed by atoms with Crippen LogP contribution in [-0.4, -0.2) is 59.4 Å². The molecule has 2 N–H and O–H groups in total. The number of Topliss-reactive ketones (excluding diaryl/α,β-unsaturated/α-hetero) is 1. The first-order valence-electron chi connectivity index (χ1n) is 10.6. The van der Waals surface area contributed by atoms with Crippen molar-refractivity contribution in [1.29, 1.82) is 0 Å². The second kappa shape index (κ2) is 13.0. The minimum absolute atomic E-state index is 0.0140. The van der Waals surface area contributed by atoms with Gasteiger partial charge in [-0.15, -0.1) is 0 Å². The van der Waals surface area contributed by atoms with Crippen molar-refractivity contribution in [3.05, 3.63) is 59.7 Å². The van der Waals surface area contributed by atoms with Crippen molar-refractivity contribution in [3.63, 3.8) is 0 Å². The molecular formula is C23H28N2O7S3. The first kappa shape index (κ1) is 28.7. The van der Waals surface area contributed by atoms with Crippen molar-refractivity contribution in [2.45, 2.75) is 41.4 Å². The maximum absolute atomic E-state index is 12.5. The normalized spacial score (nSPS) is 12.6. The third-order valence-corrected chi connectivity index (χ3v) is 8.48. The molecule has 0 heterocycles. The van der Waals surface area contributed by atoms with E-state index in [1.807, 2.05) is 0 Å². The number of hydrogen-bond acceptors (Lipinski definition) is 8. The van der Waals surface area contributed by atoms with Crippen LogP contribution in [0.2, 0.25) is 0 Å². The lowest BCUT2D eigenvalue weighted by Crippen LogP contribution is -2.37. The van der Waals surface area contributed by atoms with Crippen LogP contribution in [0.1, 0.15) is 35.7 Å². The number of sulfone groups is 1. The Kier molecular flexibility index (Phi) is 10.6. The van der Waals surface area contributed by atoms with E-state index >= 15 is 0 Å². The highest BCUT2D eigenvalue weighted by atomic mass is 32.2. The van der Waals surface area contributed by atoms with Crippen molar-refractivity contribution in [1.82, 2.24) is 10.0 Å². The number of thioether (sulfide) groups is 1. The Labute approximate surface area is 210 Å². The summed E-state index contributed by atoms with van der Waals surface area (Å²) >= 11 is 1.57. The molecule has 0 saturated heterocycles. The van der Waals surface area contributed by atoms with Crippen molar-refractivity contribution < 1.29 is 31.2 Å². The van der Waals surface area contributed by atoms with Crippen molar-refractivity contribution in [3.8, 4) is 0 Å². The lowest BCUT2D eigenvalue weighted by molar-refractivity contribution is -0.119. The number of carbonyl (C=O) groups is 3. The molecule has 1 atom stereocenters. The topological polar surface area (TPSA) is 144 Å². The Bertz CT molecular complexity index is 1260. The summed E-state index contributed by atoms with van der Waals surface area (Å²) in [4.78, 5) is 34.6. The molecule has 0 aliphatic carbocycles. The third-order valence-electron chi connectivity index (χ3n) is 4.75. The average molecular weight is 541 g/mol. The van der Waals surface area contributed by atoms with Gasteiger partial charge in [0, 0.05) is 30.5 Å². The smallest absolute Gasteiger partial charge is 0.251 e. The van der Waals surface area contributed by atoms with Crippen LogP contribution in [0, 0.1) is 0 Å². The van der Waals surface area contributed by atoms with E-state index in [2.05, 4.69) is 10.0 Å². The maximum Gasteiger partial charge on any atom is 0.251 e. The van der Waals surface area contributed by atoms with E-state index in [1.54, 1.807) is 23.9 Å². The molecule has 1 amide bonds. The molecule has 0 aliphatic heterocycles. The molecule has 2 aromatic rings. The number of benzene rings is 2. The highest BCUT2D eigenvalue weighted by Crippen LogP contribution is 2.18. The van der Waals surface area contributed by atoms with Gasteiger partial charge in [0.05, 0.1) is 15.8 Å². The summed E-state index contributed by atoms with van der Waals surface area (Å²) in [6.45, 7) is 1.72. The number of carbonyl (C=O) groups excluding carboxylic acids is 3. The number of nitrogens with one attached hydrogen (secondary N) is 2. The van der Waals surface area contributed by atoms with E-state index < -0.39 is 25.9 Å². The molecule has 0 radical (unpaired) electrons. The molecule has 35 heavy (non-hydrogen) atoms. The van der Waals surface area contributed by atoms with Crippen molar-refractivity contribution in [2.24, 2.45) is 0 Å². The van der Waals surface area contributed by atoms with E-state index in [9.17, 15) is 31.2 Å². The van der Waals surface area contributed by atoms with Crippen molar-refractivity contribution >= 4 is 49.6 Å². The van der Waals surface area contributed by atoms with E-state index in [0.29, 0.717) is 36.3 Å². The first-order chi connectivity index (χ1) is 16.4. The molecular weight excluding hydrogens is 512 g/mol. The predicted octanol–water partition coefficient (Wildman–Crippen LogP) is 1.97. The second-order valence-corrected chi connectivity index (χ2v) is 12.7. The molecule has 2 aromatic carbocycles. The monoisotopic (exact) mass is 540 g/mol. The van der Waals surface area contributed by atoms with E-state index in [-0.39, 0.29) is 27.9 Å². The minimum atomic E-state index is -3.95. The van der Waals surface area contributed by atoms with Gasteiger partial charge in [-0.05, 0) is 61.1 Å². The average Bonchev–Trinajstić information content (AvgIpc) is 2.80. The second-order valence-electron chi connectivity index (χ2n) is 7.88. The van der Waals surface area contributed by atoms with Crippen LogP contribution >= 0.6 is 11.8 Å². The standard InChI is InChI=1S/C23H28N2O7S3/c1-17(27)13-20(15-26)25-35(31,32)22-6-3-5-18(14-22)16-33-12-4-11-24-23(28)19-7-9-21(10-8-19)34(2,29)30/h3,5-10,14-15,20,25H,4,11-13,16H2,1-2H3,(H,24,28)/t20-/m0/s1. The number of hydrogen-bond donors (Lipinski definition) is 2. The molecule has 9 nitrogen and oxygen atoms in total. The highest BCUT2D eigenvalue weighted by Gasteiger charge is 2.21. The predicted molar refractivity (Wildman–Crippen MR) is 135 cm³/mol. The number of aldehydes is 1. The Morgan fingerprint density at radius 1 is 1.03 bits per heavy atom. The fraction of sp³-hybridized carbons (Fsp3) is 0.348. The Balaban J connectivity index is 1.79. The van der Waals surface area contributed by atoms with Gasteiger partial charge in [-0.3, -0.25) is 9.59 Å². The Morgan fingerprint density at radius 2 is 1.71 bits per heavy atom. The fourth-order valence-corrected chi connectivity index (χ4v) is 5.80. The van der Waals surface area contributed by atoms with E-state index in [0.717, 1.165) is 11.8 Å². The molecule has 0 unspecified atom stereocenters. The van der Waals surface area contributed by atoms with E-state index in [1.165, 1.54) is 43.3 Å². The lowest BCUT2D eigenvalue weighted by Gasteiger charge is -2.12. The van der Waals surface area contributed by atoms with Crippen LogP contribution in [0.5, 0.6) is 0 Å². The van der Waals surface area contributed by atoms with Crippen LogP contribution in [0.3, 0.4) is 0 Å². The molecule has 0 saturated carbocycles. The molecule has 0 aromatic heterocycles. The third kappa shape index (κ3) is 9.55. The van der Waals surface area contributed by atoms with Crippen LogP contribution < -0.4 is 10.0 Å². The van der Waals surface area contributed by atoms with Gasteiger partial charge in [0.25, 0.3) is 5.91 Å². The summed E-state index contributed by atoms with van der Waals surface area (Å²) in [6.07, 6.45) is 1.98. The molecule has 190 valence electrons. The summed E-state index contributed by atoms with van der Waals surface area (Å²) in [7, 11) is -7.26. The SMILES string of the molecule is CC(=O)C[C@@H](C=O)NS(=O)(=O)c1cccc(CSCCCNC(=O)c2ccc(S(C)(=O)=O)cc2)c1.